The van der Waals surface area contributed by atoms with Crippen molar-refractivity contribution >= 4 is 28.9 Å². The molecule has 0 unspecified atom stereocenters. The summed E-state index contributed by atoms with van der Waals surface area (Å²) < 4.78 is 1.26. The number of nitrogens with one attached hydrogen (secondary N) is 1. The third-order valence-electron chi connectivity index (χ3n) is 3.22. The molecule has 120 valence electrons. The zero-order valence-corrected chi connectivity index (χ0v) is 12.8. The molecule has 0 radical (unpaired) electrons. The zero-order chi connectivity index (χ0) is 17.1. The summed E-state index contributed by atoms with van der Waals surface area (Å²) in [5.41, 5.74) is 0.511. The lowest BCUT2D eigenvalue weighted by molar-refractivity contribution is -0.384. The van der Waals surface area contributed by atoms with E-state index in [1.54, 1.807) is 24.3 Å². The van der Waals surface area contributed by atoms with E-state index in [4.69, 9.17) is 11.6 Å². The van der Waals surface area contributed by atoms with Gasteiger partial charge in [0.25, 0.3) is 11.6 Å². The molecule has 1 N–H and O–H groups in total. The van der Waals surface area contributed by atoms with Gasteiger partial charge in [0.2, 0.25) is 0 Å². The van der Waals surface area contributed by atoms with Crippen molar-refractivity contribution in [2.45, 2.75) is 0 Å². The van der Waals surface area contributed by atoms with Crippen LogP contribution in [-0.2, 0) is 0 Å². The van der Waals surface area contributed by atoms with Crippen molar-refractivity contribution < 1.29 is 9.72 Å². The molecule has 0 saturated heterocycles. The van der Waals surface area contributed by atoms with E-state index in [-0.39, 0.29) is 16.9 Å². The van der Waals surface area contributed by atoms with Crippen molar-refractivity contribution in [2.24, 2.45) is 0 Å². The average Bonchev–Trinajstić information content (AvgIpc) is 3.10. The molecule has 3 aromatic rings. The first-order valence-electron chi connectivity index (χ1n) is 6.75. The van der Waals surface area contributed by atoms with Gasteiger partial charge in [-0.3, -0.25) is 14.9 Å². The van der Waals surface area contributed by atoms with Crippen LogP contribution in [0.4, 0.5) is 11.4 Å². The van der Waals surface area contributed by atoms with Crippen molar-refractivity contribution in [2.75, 3.05) is 5.32 Å². The Kier molecular flexibility index (Phi) is 4.21. The molecule has 8 nitrogen and oxygen atoms in total. The molecule has 0 saturated carbocycles. The first kappa shape index (κ1) is 15.6. The number of anilines is 1. The fraction of sp³-hybridized carbons (Fsp3) is 0. The summed E-state index contributed by atoms with van der Waals surface area (Å²) in [6.07, 6.45) is 2.60. The Morgan fingerprint density at radius 1 is 1.25 bits per heavy atom. The normalized spacial score (nSPS) is 10.4. The summed E-state index contributed by atoms with van der Waals surface area (Å²) in [6, 6.07) is 10.8. The Balaban J connectivity index is 1.94. The topological polar surface area (TPSA) is 103 Å². The number of amides is 1. The molecule has 1 aromatic heterocycles. The Bertz CT molecular complexity index is 911. The van der Waals surface area contributed by atoms with Gasteiger partial charge in [0.15, 0.2) is 0 Å². The number of carbonyl (C=O) groups is 1. The number of nitro groups is 1. The van der Waals surface area contributed by atoms with Crippen LogP contribution >= 0.6 is 11.6 Å². The lowest BCUT2D eigenvalue weighted by atomic mass is 10.1. The van der Waals surface area contributed by atoms with Crippen LogP contribution in [0.2, 0.25) is 5.02 Å². The third kappa shape index (κ3) is 3.08. The Morgan fingerprint density at radius 3 is 2.71 bits per heavy atom. The van der Waals surface area contributed by atoms with Crippen LogP contribution in [0, 0.1) is 10.1 Å². The minimum atomic E-state index is -0.580. The maximum absolute atomic E-state index is 12.3. The molecule has 0 aliphatic carbocycles. The SMILES string of the molecule is O=C(Nc1ccccc1Cl)c1ccc(-n2cncn2)c([N+](=O)[O-])c1. The van der Waals surface area contributed by atoms with Gasteiger partial charge in [0.05, 0.1) is 15.6 Å². The van der Waals surface area contributed by atoms with Gasteiger partial charge in [-0.25, -0.2) is 9.67 Å². The maximum atomic E-state index is 12.3. The van der Waals surface area contributed by atoms with Gasteiger partial charge in [-0.1, -0.05) is 23.7 Å². The largest absolute Gasteiger partial charge is 0.321 e. The fourth-order valence-corrected chi connectivity index (χ4v) is 2.28. The number of aromatic nitrogens is 3. The molecule has 3 rings (SSSR count). The highest BCUT2D eigenvalue weighted by molar-refractivity contribution is 6.33. The second kappa shape index (κ2) is 6.47. The smallest absolute Gasteiger partial charge is 0.295 e. The Hall–Kier alpha value is -3.26. The number of halogens is 1. The van der Waals surface area contributed by atoms with Gasteiger partial charge < -0.3 is 5.32 Å². The second-order valence-electron chi connectivity index (χ2n) is 4.73. The molecule has 1 heterocycles. The molecule has 0 aliphatic rings. The van der Waals surface area contributed by atoms with E-state index in [9.17, 15) is 14.9 Å². The third-order valence-corrected chi connectivity index (χ3v) is 3.55. The van der Waals surface area contributed by atoms with E-state index in [0.717, 1.165) is 0 Å². The van der Waals surface area contributed by atoms with E-state index >= 15 is 0 Å². The molecular weight excluding hydrogens is 334 g/mol. The summed E-state index contributed by atoms with van der Waals surface area (Å²) in [4.78, 5) is 26.8. The van der Waals surface area contributed by atoms with E-state index in [0.29, 0.717) is 10.7 Å². The quantitative estimate of drug-likeness (QED) is 0.579. The monoisotopic (exact) mass is 343 g/mol. The van der Waals surface area contributed by atoms with E-state index < -0.39 is 10.8 Å². The number of rotatable bonds is 4. The molecule has 2 aromatic carbocycles. The maximum Gasteiger partial charge on any atom is 0.295 e. The van der Waals surface area contributed by atoms with Gasteiger partial charge in [-0.15, -0.1) is 0 Å². The summed E-state index contributed by atoms with van der Waals surface area (Å²) in [5.74, 6) is -0.503. The van der Waals surface area contributed by atoms with Crippen LogP contribution in [0.5, 0.6) is 0 Å². The fourth-order valence-electron chi connectivity index (χ4n) is 2.09. The van der Waals surface area contributed by atoms with Crippen molar-refractivity contribution in [1.82, 2.24) is 14.8 Å². The van der Waals surface area contributed by atoms with Crippen LogP contribution in [0.15, 0.2) is 55.1 Å². The Labute approximate surface area is 140 Å². The number of hydrogen-bond acceptors (Lipinski definition) is 5. The van der Waals surface area contributed by atoms with Crippen molar-refractivity contribution in [1.29, 1.82) is 0 Å². The molecule has 0 bridgehead atoms. The summed E-state index contributed by atoms with van der Waals surface area (Å²) >= 11 is 5.99. The van der Waals surface area contributed by atoms with E-state index in [1.165, 1.54) is 35.5 Å². The molecule has 0 spiro atoms. The van der Waals surface area contributed by atoms with Crippen LogP contribution < -0.4 is 5.32 Å². The average molecular weight is 344 g/mol. The highest BCUT2D eigenvalue weighted by atomic mass is 35.5. The number of carbonyl (C=O) groups excluding carboxylic acids is 1. The van der Waals surface area contributed by atoms with Gasteiger partial charge in [-0.2, -0.15) is 5.10 Å². The number of hydrogen-bond donors (Lipinski definition) is 1. The summed E-state index contributed by atoms with van der Waals surface area (Å²) in [7, 11) is 0. The van der Waals surface area contributed by atoms with E-state index in [1.807, 2.05) is 0 Å². The molecule has 0 fully saturated rings. The molecule has 1 amide bonds. The van der Waals surface area contributed by atoms with Crippen LogP contribution in [0.3, 0.4) is 0 Å². The zero-order valence-electron chi connectivity index (χ0n) is 12.1. The van der Waals surface area contributed by atoms with Crippen LogP contribution in [-0.4, -0.2) is 25.6 Å². The molecule has 24 heavy (non-hydrogen) atoms. The Morgan fingerprint density at radius 2 is 2.04 bits per heavy atom. The van der Waals surface area contributed by atoms with Gasteiger partial charge in [-0.05, 0) is 24.3 Å². The molecule has 9 heteroatoms. The van der Waals surface area contributed by atoms with Gasteiger partial charge >= 0.3 is 0 Å². The number of benzene rings is 2. The molecule has 0 atom stereocenters. The first-order chi connectivity index (χ1) is 11.6. The predicted octanol–water partition coefficient (Wildman–Crippen LogP) is 3.08. The highest BCUT2D eigenvalue weighted by Gasteiger charge is 2.19. The first-order valence-corrected chi connectivity index (χ1v) is 7.13. The minimum Gasteiger partial charge on any atom is -0.321 e. The van der Waals surface area contributed by atoms with Gasteiger partial charge in [0.1, 0.15) is 18.3 Å². The van der Waals surface area contributed by atoms with Crippen molar-refractivity contribution in [3.05, 3.63) is 75.8 Å². The standard InChI is InChI=1S/C15H10ClN5O3/c16-11-3-1-2-4-12(11)19-15(22)10-5-6-13(14(7-10)21(23)24)20-9-17-8-18-20/h1-9H,(H,19,22). The van der Waals surface area contributed by atoms with Crippen LogP contribution in [0.1, 0.15) is 10.4 Å². The second-order valence-corrected chi connectivity index (χ2v) is 5.14. The lowest BCUT2D eigenvalue weighted by Crippen LogP contribution is -2.13. The number of nitro benzene ring substituents is 1. The van der Waals surface area contributed by atoms with E-state index in [2.05, 4.69) is 15.4 Å². The predicted molar refractivity (Wildman–Crippen MR) is 87.4 cm³/mol. The van der Waals surface area contributed by atoms with Crippen molar-refractivity contribution in [3.8, 4) is 5.69 Å². The number of nitrogens with zero attached hydrogens (tertiary/aromatic N) is 4. The van der Waals surface area contributed by atoms with Gasteiger partial charge in [0, 0.05) is 11.6 Å². The minimum absolute atomic E-state index is 0.130. The summed E-state index contributed by atoms with van der Waals surface area (Å²) in [5, 5.41) is 18.2. The lowest BCUT2D eigenvalue weighted by Gasteiger charge is -2.08. The van der Waals surface area contributed by atoms with Crippen molar-refractivity contribution in [3.63, 3.8) is 0 Å². The molecule has 0 aliphatic heterocycles. The number of para-hydroxylation sites is 1. The highest BCUT2D eigenvalue weighted by Crippen LogP contribution is 2.25. The van der Waals surface area contributed by atoms with Crippen LogP contribution in [0.25, 0.3) is 5.69 Å². The summed E-state index contributed by atoms with van der Waals surface area (Å²) in [6.45, 7) is 0. The molecular formula is C15H10ClN5O3.